The van der Waals surface area contributed by atoms with Crippen molar-refractivity contribution in [2.45, 2.75) is 0 Å². The SMILES string of the molecule is O=C(NCCN1CCOC1=O)c1ccc(Cl)cc1Cl. The van der Waals surface area contributed by atoms with E-state index in [1.165, 1.54) is 11.0 Å². The maximum Gasteiger partial charge on any atom is 0.409 e. The van der Waals surface area contributed by atoms with E-state index in [-0.39, 0.29) is 12.0 Å². The molecule has 0 bridgehead atoms. The molecule has 0 aliphatic carbocycles. The van der Waals surface area contributed by atoms with E-state index in [4.69, 9.17) is 27.9 Å². The number of nitrogens with one attached hydrogen (secondary N) is 1. The molecule has 5 nitrogen and oxygen atoms in total. The topological polar surface area (TPSA) is 58.6 Å². The predicted molar refractivity (Wildman–Crippen MR) is 71.7 cm³/mol. The summed E-state index contributed by atoms with van der Waals surface area (Å²) in [6.07, 6.45) is -0.348. The molecular weight excluding hydrogens is 291 g/mol. The third-order valence-corrected chi connectivity index (χ3v) is 3.24. The molecule has 1 aromatic carbocycles. The van der Waals surface area contributed by atoms with Crippen LogP contribution in [-0.4, -0.2) is 43.1 Å². The number of carbonyl (C=O) groups is 2. The Morgan fingerprint density at radius 3 is 2.84 bits per heavy atom. The van der Waals surface area contributed by atoms with Crippen molar-refractivity contribution < 1.29 is 14.3 Å². The Morgan fingerprint density at radius 1 is 1.42 bits per heavy atom. The lowest BCUT2D eigenvalue weighted by atomic mass is 10.2. The van der Waals surface area contributed by atoms with Gasteiger partial charge in [0.2, 0.25) is 0 Å². The monoisotopic (exact) mass is 302 g/mol. The van der Waals surface area contributed by atoms with Gasteiger partial charge >= 0.3 is 6.09 Å². The van der Waals surface area contributed by atoms with Crippen molar-refractivity contribution >= 4 is 35.2 Å². The van der Waals surface area contributed by atoms with Gasteiger partial charge in [-0.25, -0.2) is 4.79 Å². The van der Waals surface area contributed by atoms with Gasteiger partial charge in [0.25, 0.3) is 5.91 Å². The number of ether oxygens (including phenoxy) is 1. The van der Waals surface area contributed by atoms with E-state index in [2.05, 4.69) is 5.32 Å². The number of halogens is 2. The molecule has 0 saturated carbocycles. The zero-order valence-corrected chi connectivity index (χ0v) is 11.5. The Morgan fingerprint density at radius 2 is 2.21 bits per heavy atom. The number of rotatable bonds is 4. The third-order valence-electron chi connectivity index (χ3n) is 2.69. The number of cyclic esters (lactones) is 1. The van der Waals surface area contributed by atoms with Crippen LogP contribution in [0.1, 0.15) is 10.4 Å². The van der Waals surface area contributed by atoms with Gasteiger partial charge in [-0.3, -0.25) is 4.79 Å². The second-order valence-electron chi connectivity index (χ2n) is 3.98. The Balaban J connectivity index is 1.85. The number of carbonyl (C=O) groups excluding carboxylic acids is 2. The van der Waals surface area contributed by atoms with E-state index in [0.29, 0.717) is 41.8 Å². The van der Waals surface area contributed by atoms with E-state index >= 15 is 0 Å². The maximum absolute atomic E-state index is 11.9. The molecule has 1 N–H and O–H groups in total. The zero-order valence-electron chi connectivity index (χ0n) is 9.99. The first-order chi connectivity index (χ1) is 9.08. The molecule has 1 saturated heterocycles. The van der Waals surface area contributed by atoms with E-state index < -0.39 is 0 Å². The number of amides is 2. The Labute approximate surface area is 120 Å². The number of nitrogens with zero attached hydrogens (tertiary/aromatic N) is 1. The maximum atomic E-state index is 11.9. The van der Waals surface area contributed by atoms with Gasteiger partial charge in [-0.1, -0.05) is 23.2 Å². The summed E-state index contributed by atoms with van der Waals surface area (Å²) >= 11 is 11.7. The molecular formula is C12H12Cl2N2O3. The van der Waals surface area contributed by atoms with E-state index in [1.54, 1.807) is 12.1 Å². The summed E-state index contributed by atoms with van der Waals surface area (Å²) < 4.78 is 4.78. The largest absolute Gasteiger partial charge is 0.448 e. The van der Waals surface area contributed by atoms with Crippen molar-refractivity contribution in [2.75, 3.05) is 26.2 Å². The molecule has 0 atom stereocenters. The van der Waals surface area contributed by atoms with Crippen LogP contribution < -0.4 is 5.32 Å². The minimum atomic E-state index is -0.348. The van der Waals surface area contributed by atoms with Gasteiger partial charge < -0.3 is 15.0 Å². The molecule has 2 amide bonds. The summed E-state index contributed by atoms with van der Waals surface area (Å²) in [6, 6.07) is 4.67. The molecule has 1 heterocycles. The first-order valence-electron chi connectivity index (χ1n) is 5.73. The quantitative estimate of drug-likeness (QED) is 0.927. The van der Waals surface area contributed by atoms with Gasteiger partial charge in [-0.05, 0) is 18.2 Å². The highest BCUT2D eigenvalue weighted by molar-refractivity contribution is 6.36. The highest BCUT2D eigenvalue weighted by atomic mass is 35.5. The van der Waals surface area contributed by atoms with Crippen molar-refractivity contribution in [3.63, 3.8) is 0 Å². The van der Waals surface area contributed by atoms with Gasteiger partial charge in [0.1, 0.15) is 6.61 Å². The summed E-state index contributed by atoms with van der Waals surface area (Å²) in [6.45, 7) is 1.70. The van der Waals surface area contributed by atoms with Crippen LogP contribution in [0.25, 0.3) is 0 Å². The van der Waals surface area contributed by atoms with Gasteiger partial charge in [-0.2, -0.15) is 0 Å². The average molecular weight is 303 g/mol. The van der Waals surface area contributed by atoms with Gasteiger partial charge in [0.15, 0.2) is 0 Å². The third kappa shape index (κ3) is 3.52. The molecule has 0 spiro atoms. The first-order valence-corrected chi connectivity index (χ1v) is 6.48. The first kappa shape index (κ1) is 14.0. The van der Waals surface area contributed by atoms with Crippen LogP contribution in [0.4, 0.5) is 4.79 Å². The lowest BCUT2D eigenvalue weighted by Crippen LogP contribution is -2.35. The van der Waals surface area contributed by atoms with Crippen LogP contribution in [0.3, 0.4) is 0 Å². The second-order valence-corrected chi connectivity index (χ2v) is 4.83. The minimum absolute atomic E-state index is 0.297. The number of hydrogen-bond donors (Lipinski definition) is 1. The van der Waals surface area contributed by atoms with Gasteiger partial charge in [-0.15, -0.1) is 0 Å². The van der Waals surface area contributed by atoms with Crippen molar-refractivity contribution in [3.8, 4) is 0 Å². The van der Waals surface area contributed by atoms with E-state index in [0.717, 1.165) is 0 Å². The van der Waals surface area contributed by atoms with E-state index in [1.807, 2.05) is 0 Å². The molecule has 1 fully saturated rings. The fraction of sp³-hybridized carbons (Fsp3) is 0.333. The van der Waals surface area contributed by atoms with Crippen LogP contribution in [0, 0.1) is 0 Å². The summed E-state index contributed by atoms with van der Waals surface area (Å²) in [5, 5.41) is 3.46. The van der Waals surface area contributed by atoms with Crippen LogP contribution >= 0.6 is 23.2 Å². The highest BCUT2D eigenvalue weighted by Gasteiger charge is 2.21. The predicted octanol–water partition coefficient (Wildman–Crippen LogP) is 2.18. The molecule has 102 valence electrons. The fourth-order valence-electron chi connectivity index (χ4n) is 1.70. The molecule has 0 aromatic heterocycles. The molecule has 1 aliphatic heterocycles. The average Bonchev–Trinajstić information content (AvgIpc) is 2.75. The smallest absolute Gasteiger partial charge is 0.409 e. The molecule has 1 aromatic rings. The molecule has 19 heavy (non-hydrogen) atoms. The molecule has 0 radical (unpaired) electrons. The van der Waals surface area contributed by atoms with Crippen LogP contribution in [0.15, 0.2) is 18.2 Å². The molecule has 0 unspecified atom stereocenters. The fourth-order valence-corrected chi connectivity index (χ4v) is 2.20. The Kier molecular flexibility index (Phi) is 4.50. The van der Waals surface area contributed by atoms with Crippen molar-refractivity contribution in [3.05, 3.63) is 33.8 Å². The second kappa shape index (κ2) is 6.12. The summed E-state index contributed by atoms with van der Waals surface area (Å²) in [7, 11) is 0. The van der Waals surface area contributed by atoms with Crippen LogP contribution in [0.2, 0.25) is 10.0 Å². The lowest BCUT2D eigenvalue weighted by Gasteiger charge is -2.13. The summed E-state index contributed by atoms with van der Waals surface area (Å²) in [5.41, 5.74) is 0.357. The van der Waals surface area contributed by atoms with Crippen LogP contribution in [-0.2, 0) is 4.74 Å². The number of benzene rings is 1. The Hall–Kier alpha value is -1.46. The van der Waals surface area contributed by atoms with E-state index in [9.17, 15) is 9.59 Å². The van der Waals surface area contributed by atoms with Crippen molar-refractivity contribution in [2.24, 2.45) is 0 Å². The summed E-state index contributed by atoms with van der Waals surface area (Å²) in [4.78, 5) is 24.6. The summed E-state index contributed by atoms with van der Waals surface area (Å²) in [5.74, 6) is -0.297. The standard InChI is InChI=1S/C12H12Cl2N2O3/c13-8-1-2-9(10(14)7-8)11(17)15-3-4-16-5-6-19-12(16)18/h1-2,7H,3-6H2,(H,15,17). The minimum Gasteiger partial charge on any atom is -0.448 e. The molecule has 2 rings (SSSR count). The normalized spacial score (nSPS) is 14.4. The Bertz CT molecular complexity index is 508. The highest BCUT2D eigenvalue weighted by Crippen LogP contribution is 2.20. The van der Waals surface area contributed by atoms with Gasteiger partial charge in [0.05, 0.1) is 17.1 Å². The van der Waals surface area contributed by atoms with Crippen LogP contribution in [0.5, 0.6) is 0 Å². The molecule has 1 aliphatic rings. The molecule has 7 heteroatoms. The zero-order chi connectivity index (χ0) is 13.8. The lowest BCUT2D eigenvalue weighted by molar-refractivity contribution is 0.0949. The van der Waals surface area contributed by atoms with Crippen molar-refractivity contribution in [1.29, 1.82) is 0 Å². The van der Waals surface area contributed by atoms with Gasteiger partial charge in [0, 0.05) is 18.1 Å². The number of hydrogen-bond acceptors (Lipinski definition) is 3. The van der Waals surface area contributed by atoms with Crippen molar-refractivity contribution in [1.82, 2.24) is 10.2 Å².